The van der Waals surface area contributed by atoms with Crippen LogP contribution in [0.15, 0.2) is 111 Å². The largest absolute Gasteiger partial charge is 0.506 e. The van der Waals surface area contributed by atoms with Crippen molar-refractivity contribution in [3.8, 4) is 16.9 Å². The van der Waals surface area contributed by atoms with Crippen LogP contribution in [0.2, 0.25) is 18.1 Å². The minimum atomic E-state index is -2.23. The maximum atomic E-state index is 13.1. The third kappa shape index (κ3) is 9.47. The molecule has 0 saturated carbocycles. The minimum Gasteiger partial charge on any atom is -0.506 e. The summed E-state index contributed by atoms with van der Waals surface area (Å²) in [5.74, 6) is -0.0580. The first kappa shape index (κ1) is 43.9. The Bertz CT molecular complexity index is 2740. The summed E-state index contributed by atoms with van der Waals surface area (Å²) >= 11 is 0. The minimum absolute atomic E-state index is 0.0157. The van der Waals surface area contributed by atoms with Crippen LogP contribution in [0.4, 0.5) is 10.5 Å². The zero-order valence-electron chi connectivity index (χ0n) is 36.9. The normalized spacial score (nSPS) is 18.4. The van der Waals surface area contributed by atoms with Crippen LogP contribution in [0.5, 0.6) is 5.75 Å². The number of phenolic OH excluding ortho intramolecular Hbond substituents is 1. The average Bonchev–Trinajstić information content (AvgIpc) is 3.57. The van der Waals surface area contributed by atoms with Crippen molar-refractivity contribution in [1.29, 1.82) is 0 Å². The number of hydrogen-bond acceptors (Lipinski definition) is 8. The van der Waals surface area contributed by atoms with Crippen molar-refractivity contribution in [3.05, 3.63) is 135 Å². The number of nitrogens with zero attached hydrogens (tertiary/aromatic N) is 3. The standard InChI is InChI=1S/C50H59N5O7Si/c1-50(2,3)63(4,5)62-45(38-17-20-43(56)47-39(38)18-21-46(57)52-47)31-51-25-22-34-15-19-40-44(30-34)61-49(60)54(40)26-10-9-11-33-14-16-37(35-12-7-6-8-13-35)41(29-33)55(48(58)59)42-32-53-27-23-36(42)24-28-53/h6-9,11-21,29-30,36,42,45,51,56H,10,22-28,31-32H2,1-5H3,(H,52,57)(H,58,59)/t42-,45-/m0/s1. The number of aromatic amines is 1. The van der Waals surface area contributed by atoms with Crippen LogP contribution < -0.4 is 21.5 Å². The van der Waals surface area contributed by atoms with Gasteiger partial charge in [0.25, 0.3) is 0 Å². The van der Waals surface area contributed by atoms with Gasteiger partial charge in [0.2, 0.25) is 5.56 Å². The van der Waals surface area contributed by atoms with E-state index in [0.717, 1.165) is 71.2 Å². The predicted octanol–water partition coefficient (Wildman–Crippen LogP) is 9.39. The fourth-order valence-electron chi connectivity index (χ4n) is 9.02. The number of aromatic hydroxyl groups is 1. The van der Waals surface area contributed by atoms with Crippen LogP contribution in [0, 0.1) is 5.92 Å². The molecule has 6 aromatic rings. The fraction of sp³-hybridized carbons (Fsp3) is 0.380. The molecule has 0 aliphatic carbocycles. The quantitative estimate of drug-likeness (QED) is 0.0584. The van der Waals surface area contributed by atoms with Crippen molar-refractivity contribution < 1.29 is 23.9 Å². The molecule has 5 heterocycles. The lowest BCUT2D eigenvalue weighted by Gasteiger charge is -2.48. The number of anilines is 1. The first-order valence-corrected chi connectivity index (χ1v) is 25.0. The molecular formula is C50H59N5O7Si. The summed E-state index contributed by atoms with van der Waals surface area (Å²) in [6.07, 6.45) is 6.05. The van der Waals surface area contributed by atoms with Gasteiger partial charge >= 0.3 is 11.8 Å². The molecule has 2 aromatic heterocycles. The number of piperidine rings is 3. The molecule has 4 N–H and O–H groups in total. The number of fused-ring (bicyclic) bond motifs is 5. The van der Waals surface area contributed by atoms with Gasteiger partial charge < -0.3 is 34.3 Å². The van der Waals surface area contributed by atoms with Crippen LogP contribution >= 0.6 is 0 Å². The van der Waals surface area contributed by atoms with Crippen LogP contribution in [-0.2, 0) is 17.4 Å². The average molecular weight is 870 g/mol. The van der Waals surface area contributed by atoms with Crippen molar-refractivity contribution in [1.82, 2.24) is 19.8 Å². The smallest absolute Gasteiger partial charge is 0.419 e. The Morgan fingerprint density at radius 1 is 1.02 bits per heavy atom. The number of carbonyl (C=O) groups is 1. The van der Waals surface area contributed by atoms with E-state index in [1.165, 1.54) is 6.07 Å². The van der Waals surface area contributed by atoms with Gasteiger partial charge in [-0.1, -0.05) is 87.5 Å². The molecular weight excluding hydrogens is 811 g/mol. The molecule has 3 saturated heterocycles. The van der Waals surface area contributed by atoms with Crippen molar-refractivity contribution >= 4 is 48.2 Å². The van der Waals surface area contributed by atoms with Gasteiger partial charge in [-0.25, -0.2) is 9.59 Å². The second-order valence-corrected chi connectivity index (χ2v) is 23.4. The Morgan fingerprint density at radius 2 is 1.79 bits per heavy atom. The van der Waals surface area contributed by atoms with Crippen molar-refractivity contribution in [2.75, 3.05) is 37.6 Å². The summed E-state index contributed by atoms with van der Waals surface area (Å²) < 4.78 is 14.3. The molecule has 0 spiro atoms. The molecule has 330 valence electrons. The summed E-state index contributed by atoms with van der Waals surface area (Å²) in [4.78, 5) is 45.0. The highest BCUT2D eigenvalue weighted by Gasteiger charge is 2.41. The molecule has 63 heavy (non-hydrogen) atoms. The molecule has 13 heteroatoms. The molecule has 3 fully saturated rings. The van der Waals surface area contributed by atoms with Crippen molar-refractivity contribution in [3.63, 3.8) is 0 Å². The number of rotatable bonds is 15. The Labute approximate surface area is 368 Å². The highest BCUT2D eigenvalue weighted by atomic mass is 28.4. The molecule has 0 unspecified atom stereocenters. The highest BCUT2D eigenvalue weighted by molar-refractivity contribution is 6.74. The lowest BCUT2D eigenvalue weighted by Crippen LogP contribution is -2.59. The van der Waals surface area contributed by atoms with Crippen LogP contribution in [0.3, 0.4) is 0 Å². The van der Waals surface area contributed by atoms with Gasteiger partial charge in [-0.15, -0.1) is 0 Å². The Kier molecular flexibility index (Phi) is 12.7. The molecule has 2 bridgehead atoms. The number of hydrogen-bond donors (Lipinski definition) is 4. The van der Waals surface area contributed by atoms with E-state index in [0.29, 0.717) is 55.2 Å². The SMILES string of the molecule is CC(C)(C)[Si](C)(C)O[C@@H](CNCCc1ccc2c(c1)oc(=O)n2CCC=Cc1ccc(-c2ccccc2)c(N(C(=O)O)[C@H]2CN3CCC2CC3)c1)c1ccc(O)c2[nH]c(=O)ccc12. The van der Waals surface area contributed by atoms with Gasteiger partial charge in [-0.05, 0) is 122 Å². The number of aromatic nitrogens is 2. The zero-order valence-corrected chi connectivity index (χ0v) is 37.9. The van der Waals surface area contributed by atoms with E-state index in [9.17, 15) is 24.6 Å². The Morgan fingerprint density at radius 3 is 2.51 bits per heavy atom. The van der Waals surface area contributed by atoms with Crippen LogP contribution in [0.25, 0.3) is 39.2 Å². The molecule has 4 aromatic carbocycles. The number of benzene rings is 4. The van der Waals surface area contributed by atoms with Gasteiger partial charge in [0.05, 0.1) is 28.9 Å². The number of allylic oxidation sites excluding steroid dienone is 1. The number of H-pyrrole nitrogens is 1. The summed E-state index contributed by atoms with van der Waals surface area (Å²) in [5.41, 5.74) is 6.75. The maximum absolute atomic E-state index is 13.1. The Balaban J connectivity index is 0.938. The van der Waals surface area contributed by atoms with E-state index >= 15 is 0 Å². The molecule has 1 amide bonds. The molecule has 3 aliphatic heterocycles. The zero-order chi connectivity index (χ0) is 44.5. The second kappa shape index (κ2) is 18.2. The maximum Gasteiger partial charge on any atom is 0.419 e. The number of aryl methyl sites for hydroxylation is 1. The molecule has 0 radical (unpaired) electrons. The lowest BCUT2D eigenvalue weighted by molar-refractivity contribution is 0.0838. The van der Waals surface area contributed by atoms with Gasteiger partial charge in [0.1, 0.15) is 5.75 Å². The van der Waals surface area contributed by atoms with Gasteiger partial charge in [-0.3, -0.25) is 14.3 Å². The fourth-order valence-corrected chi connectivity index (χ4v) is 10.3. The molecule has 2 atom stereocenters. The summed E-state index contributed by atoms with van der Waals surface area (Å²) in [6.45, 7) is 15.4. The summed E-state index contributed by atoms with van der Waals surface area (Å²) in [5, 5.41) is 25.5. The van der Waals surface area contributed by atoms with E-state index in [2.05, 4.69) is 49.1 Å². The summed E-state index contributed by atoms with van der Waals surface area (Å²) in [7, 11) is -2.23. The Hall–Kier alpha value is -5.73. The van der Waals surface area contributed by atoms with Crippen molar-refractivity contribution in [2.45, 2.75) is 83.3 Å². The first-order valence-electron chi connectivity index (χ1n) is 22.1. The number of oxazole rings is 1. The van der Waals surface area contributed by atoms with E-state index in [4.69, 9.17) is 8.84 Å². The van der Waals surface area contributed by atoms with E-state index in [1.54, 1.807) is 21.6 Å². The van der Waals surface area contributed by atoms with Crippen LogP contribution in [0.1, 0.15) is 62.8 Å². The number of amides is 1. The number of pyridine rings is 1. The number of phenols is 1. The number of carboxylic acid groups (broad SMARTS) is 1. The third-order valence-corrected chi connectivity index (χ3v) is 18.0. The molecule has 3 aliphatic rings. The topological polar surface area (TPSA) is 153 Å². The van der Waals surface area contributed by atoms with Gasteiger partial charge in [0.15, 0.2) is 13.9 Å². The number of nitrogens with one attached hydrogen (secondary N) is 2. The van der Waals surface area contributed by atoms with E-state index < -0.39 is 20.2 Å². The lowest BCUT2D eigenvalue weighted by atomic mass is 9.82. The second-order valence-electron chi connectivity index (χ2n) is 18.6. The van der Waals surface area contributed by atoms with Crippen molar-refractivity contribution in [2.24, 2.45) is 5.92 Å². The van der Waals surface area contributed by atoms with E-state index in [-0.39, 0.29) is 28.5 Å². The first-order chi connectivity index (χ1) is 30.2. The van der Waals surface area contributed by atoms with Crippen LogP contribution in [-0.4, -0.2) is 77.8 Å². The monoisotopic (exact) mass is 869 g/mol. The third-order valence-electron chi connectivity index (χ3n) is 13.5. The van der Waals surface area contributed by atoms with Gasteiger partial charge in [0, 0.05) is 36.7 Å². The van der Waals surface area contributed by atoms with Gasteiger partial charge in [-0.2, -0.15) is 0 Å². The molecule has 9 rings (SSSR count). The summed E-state index contributed by atoms with van der Waals surface area (Å²) in [6, 6.07) is 28.5. The molecule has 12 nitrogen and oxygen atoms in total. The highest BCUT2D eigenvalue weighted by Crippen LogP contribution is 2.42. The van der Waals surface area contributed by atoms with E-state index in [1.807, 2.05) is 84.9 Å². The predicted molar refractivity (Wildman–Crippen MR) is 253 cm³/mol.